The van der Waals surface area contributed by atoms with E-state index in [1.807, 2.05) is 12.1 Å². The fourth-order valence-electron chi connectivity index (χ4n) is 1.80. The number of rotatable bonds is 1. The van der Waals surface area contributed by atoms with E-state index in [0.717, 1.165) is 22.6 Å². The monoisotopic (exact) mass is 212 g/mol. The molecule has 0 saturated carbocycles. The van der Waals surface area contributed by atoms with Crippen LogP contribution in [0.3, 0.4) is 0 Å². The Morgan fingerprint density at radius 3 is 2.75 bits per heavy atom. The van der Waals surface area contributed by atoms with Gasteiger partial charge in [0.05, 0.1) is 17.3 Å². The van der Waals surface area contributed by atoms with Gasteiger partial charge in [0.2, 0.25) is 0 Å². The number of furan rings is 1. The molecule has 0 aliphatic rings. The topological polar surface area (TPSA) is 41.8 Å². The summed E-state index contributed by atoms with van der Waals surface area (Å²) in [4.78, 5) is 7.77. The zero-order valence-electron chi connectivity index (χ0n) is 9.24. The number of aromatic amines is 1. The number of H-pyrrole nitrogens is 1. The van der Waals surface area contributed by atoms with Crippen LogP contribution in [0.2, 0.25) is 0 Å². The number of hydrogen-bond acceptors (Lipinski definition) is 2. The van der Waals surface area contributed by atoms with Gasteiger partial charge in [0.15, 0.2) is 11.6 Å². The Bertz CT molecular complexity index is 596. The first kappa shape index (κ1) is 9.21. The highest BCUT2D eigenvalue weighted by Gasteiger charge is 2.08. The molecule has 0 aliphatic carbocycles. The molecule has 80 valence electrons. The zero-order valence-corrected chi connectivity index (χ0v) is 9.24. The normalized spacial score (nSPS) is 11.1. The van der Waals surface area contributed by atoms with E-state index in [1.54, 1.807) is 6.26 Å². The molecule has 2 aromatic heterocycles. The highest BCUT2D eigenvalue weighted by Crippen LogP contribution is 2.22. The lowest BCUT2D eigenvalue weighted by atomic mass is 10.1. The highest BCUT2D eigenvalue weighted by atomic mass is 16.3. The Balaban J connectivity index is 2.23. The largest absolute Gasteiger partial charge is 0.461 e. The number of nitrogens with one attached hydrogen (secondary N) is 1. The molecular weight excluding hydrogens is 200 g/mol. The van der Waals surface area contributed by atoms with Crippen LogP contribution >= 0.6 is 0 Å². The lowest BCUT2D eigenvalue weighted by Crippen LogP contribution is -1.79. The smallest absolute Gasteiger partial charge is 0.174 e. The van der Waals surface area contributed by atoms with Crippen LogP contribution in [0, 0.1) is 13.8 Å². The number of imidazole rings is 1. The minimum absolute atomic E-state index is 0.770. The summed E-state index contributed by atoms with van der Waals surface area (Å²) in [6.45, 7) is 4.19. The van der Waals surface area contributed by atoms with Crippen molar-refractivity contribution in [1.82, 2.24) is 9.97 Å². The summed E-state index contributed by atoms with van der Waals surface area (Å²) in [5.74, 6) is 1.55. The van der Waals surface area contributed by atoms with Crippen LogP contribution in [-0.2, 0) is 0 Å². The minimum atomic E-state index is 0.770. The van der Waals surface area contributed by atoms with Gasteiger partial charge in [0, 0.05) is 0 Å². The molecule has 0 saturated heterocycles. The van der Waals surface area contributed by atoms with Crippen molar-refractivity contribution in [2.24, 2.45) is 0 Å². The summed E-state index contributed by atoms with van der Waals surface area (Å²) in [7, 11) is 0. The maximum Gasteiger partial charge on any atom is 0.174 e. The molecule has 3 rings (SSSR count). The van der Waals surface area contributed by atoms with Gasteiger partial charge in [-0.15, -0.1) is 0 Å². The summed E-state index contributed by atoms with van der Waals surface area (Å²) in [6, 6.07) is 7.97. The van der Waals surface area contributed by atoms with E-state index in [1.165, 1.54) is 11.1 Å². The fourth-order valence-corrected chi connectivity index (χ4v) is 1.80. The molecule has 3 heteroatoms. The molecule has 0 aliphatic heterocycles. The molecule has 0 radical (unpaired) electrons. The molecule has 3 nitrogen and oxygen atoms in total. The van der Waals surface area contributed by atoms with E-state index < -0.39 is 0 Å². The molecule has 0 amide bonds. The lowest BCUT2D eigenvalue weighted by molar-refractivity contribution is 0.578. The molecule has 0 spiro atoms. The van der Waals surface area contributed by atoms with Crippen molar-refractivity contribution in [2.45, 2.75) is 13.8 Å². The van der Waals surface area contributed by atoms with Crippen LogP contribution in [0.1, 0.15) is 11.1 Å². The molecule has 0 bridgehead atoms. The maximum atomic E-state index is 5.32. The first-order valence-electron chi connectivity index (χ1n) is 5.25. The number of hydrogen-bond donors (Lipinski definition) is 1. The molecule has 0 atom stereocenters. The standard InChI is InChI=1S/C13H12N2O/c1-8-6-10-11(7-9(8)2)15-13(14-10)12-4-3-5-16-12/h3-7H,1-2H3,(H,14,15). The van der Waals surface area contributed by atoms with E-state index in [2.05, 4.69) is 35.9 Å². The van der Waals surface area contributed by atoms with Gasteiger partial charge in [-0.3, -0.25) is 0 Å². The highest BCUT2D eigenvalue weighted by molar-refractivity contribution is 5.80. The zero-order chi connectivity index (χ0) is 11.1. The van der Waals surface area contributed by atoms with Crippen molar-refractivity contribution < 1.29 is 4.42 Å². The first-order valence-corrected chi connectivity index (χ1v) is 5.25. The molecule has 2 heterocycles. The van der Waals surface area contributed by atoms with E-state index in [4.69, 9.17) is 4.42 Å². The van der Waals surface area contributed by atoms with Crippen molar-refractivity contribution in [2.75, 3.05) is 0 Å². The van der Waals surface area contributed by atoms with Crippen LogP contribution in [0.15, 0.2) is 34.9 Å². The second kappa shape index (κ2) is 3.23. The number of fused-ring (bicyclic) bond motifs is 1. The van der Waals surface area contributed by atoms with Crippen LogP contribution < -0.4 is 0 Å². The van der Waals surface area contributed by atoms with Gasteiger partial charge in [0.25, 0.3) is 0 Å². The van der Waals surface area contributed by atoms with Gasteiger partial charge in [-0.25, -0.2) is 4.98 Å². The van der Waals surface area contributed by atoms with Crippen LogP contribution in [0.5, 0.6) is 0 Å². The van der Waals surface area contributed by atoms with Gasteiger partial charge in [-0.1, -0.05) is 0 Å². The summed E-state index contributed by atoms with van der Waals surface area (Å²) < 4.78 is 5.32. The van der Waals surface area contributed by atoms with Crippen molar-refractivity contribution >= 4 is 11.0 Å². The Kier molecular flexibility index (Phi) is 1.86. The quantitative estimate of drug-likeness (QED) is 0.671. The van der Waals surface area contributed by atoms with Gasteiger partial charge < -0.3 is 9.40 Å². The maximum absolute atomic E-state index is 5.32. The van der Waals surface area contributed by atoms with Gasteiger partial charge in [-0.05, 0) is 49.2 Å². The van der Waals surface area contributed by atoms with E-state index >= 15 is 0 Å². The number of nitrogens with zero attached hydrogens (tertiary/aromatic N) is 1. The second-order valence-electron chi connectivity index (χ2n) is 4.02. The van der Waals surface area contributed by atoms with Crippen molar-refractivity contribution in [1.29, 1.82) is 0 Å². The SMILES string of the molecule is Cc1cc2nc(-c3ccco3)[nH]c2cc1C. The summed E-state index contributed by atoms with van der Waals surface area (Å²) >= 11 is 0. The van der Waals surface area contributed by atoms with Gasteiger partial charge in [-0.2, -0.15) is 0 Å². The van der Waals surface area contributed by atoms with E-state index in [0.29, 0.717) is 0 Å². The molecule has 1 N–H and O–H groups in total. The third-order valence-electron chi connectivity index (χ3n) is 2.85. The summed E-state index contributed by atoms with van der Waals surface area (Å²) in [5, 5.41) is 0. The molecule has 16 heavy (non-hydrogen) atoms. The van der Waals surface area contributed by atoms with Crippen LogP contribution in [0.4, 0.5) is 0 Å². The van der Waals surface area contributed by atoms with Crippen molar-refractivity contribution in [3.63, 3.8) is 0 Å². The van der Waals surface area contributed by atoms with E-state index in [-0.39, 0.29) is 0 Å². The number of benzene rings is 1. The third-order valence-corrected chi connectivity index (χ3v) is 2.85. The lowest BCUT2D eigenvalue weighted by Gasteiger charge is -1.97. The van der Waals surface area contributed by atoms with Gasteiger partial charge in [0.1, 0.15) is 0 Å². The molecular formula is C13H12N2O. The summed E-state index contributed by atoms with van der Waals surface area (Å²) in [6.07, 6.45) is 1.65. The number of aryl methyl sites for hydroxylation is 2. The van der Waals surface area contributed by atoms with Crippen molar-refractivity contribution in [3.05, 3.63) is 41.7 Å². The molecule has 3 aromatic rings. The number of aromatic nitrogens is 2. The molecule has 0 fully saturated rings. The average Bonchev–Trinajstić information content (AvgIpc) is 2.86. The Morgan fingerprint density at radius 2 is 2.00 bits per heavy atom. The van der Waals surface area contributed by atoms with Gasteiger partial charge >= 0.3 is 0 Å². The van der Waals surface area contributed by atoms with Crippen LogP contribution in [0.25, 0.3) is 22.6 Å². The molecule has 0 unspecified atom stereocenters. The van der Waals surface area contributed by atoms with E-state index in [9.17, 15) is 0 Å². The Hall–Kier alpha value is -2.03. The Morgan fingerprint density at radius 1 is 1.19 bits per heavy atom. The second-order valence-corrected chi connectivity index (χ2v) is 4.02. The van der Waals surface area contributed by atoms with Crippen LogP contribution in [-0.4, -0.2) is 9.97 Å². The minimum Gasteiger partial charge on any atom is -0.461 e. The predicted octanol–water partition coefficient (Wildman–Crippen LogP) is 3.44. The first-order chi connectivity index (χ1) is 7.74. The molecule has 1 aromatic carbocycles. The predicted molar refractivity (Wildman–Crippen MR) is 63.3 cm³/mol. The van der Waals surface area contributed by atoms with Crippen molar-refractivity contribution in [3.8, 4) is 11.6 Å². The average molecular weight is 212 g/mol. The fraction of sp³-hybridized carbons (Fsp3) is 0.154. The summed E-state index contributed by atoms with van der Waals surface area (Å²) in [5.41, 5.74) is 4.55. The third kappa shape index (κ3) is 1.33. The Labute approximate surface area is 93.1 Å².